The number of rotatable bonds is 3. The molecule has 1 N–H and O–H groups in total. The summed E-state index contributed by atoms with van der Waals surface area (Å²) < 4.78 is 18.1. The van der Waals surface area contributed by atoms with Gasteiger partial charge in [0.15, 0.2) is 11.6 Å². The Morgan fingerprint density at radius 2 is 2.16 bits per heavy atom. The number of benzene rings is 1. The topological polar surface area (TPSA) is 49.8 Å². The smallest absolute Gasteiger partial charge is 0.254 e. The van der Waals surface area contributed by atoms with Crippen molar-refractivity contribution in [2.75, 3.05) is 20.2 Å². The highest BCUT2D eigenvalue weighted by molar-refractivity contribution is 5.95. The molecule has 1 aromatic carbocycles. The Hall–Kier alpha value is -1.62. The molecule has 1 aliphatic carbocycles. The van der Waals surface area contributed by atoms with Gasteiger partial charge in [0.05, 0.1) is 20.2 Å². The van der Waals surface area contributed by atoms with Crippen LogP contribution in [-0.2, 0) is 0 Å². The van der Waals surface area contributed by atoms with Crippen molar-refractivity contribution in [3.8, 4) is 5.75 Å². The summed E-state index contributed by atoms with van der Waals surface area (Å²) in [7, 11) is 1.36. The van der Waals surface area contributed by atoms with Crippen LogP contribution >= 0.6 is 0 Å². The van der Waals surface area contributed by atoms with Crippen molar-refractivity contribution in [2.24, 2.45) is 5.92 Å². The highest BCUT2D eigenvalue weighted by Crippen LogP contribution is 2.44. The van der Waals surface area contributed by atoms with Gasteiger partial charge in [-0.25, -0.2) is 4.39 Å². The Morgan fingerprint density at radius 1 is 1.47 bits per heavy atom. The van der Waals surface area contributed by atoms with Crippen LogP contribution in [0.25, 0.3) is 0 Å². The van der Waals surface area contributed by atoms with E-state index in [-0.39, 0.29) is 11.7 Å². The van der Waals surface area contributed by atoms with E-state index in [9.17, 15) is 14.3 Å². The molecule has 3 rings (SSSR count). The van der Waals surface area contributed by atoms with Gasteiger partial charge >= 0.3 is 0 Å². The molecule has 0 spiro atoms. The summed E-state index contributed by atoms with van der Waals surface area (Å²) >= 11 is 0. The van der Waals surface area contributed by atoms with E-state index in [1.807, 2.05) is 0 Å². The predicted molar refractivity (Wildman–Crippen MR) is 66.5 cm³/mol. The van der Waals surface area contributed by atoms with Crippen molar-refractivity contribution < 1.29 is 19.0 Å². The average molecular weight is 265 g/mol. The van der Waals surface area contributed by atoms with Crippen molar-refractivity contribution in [1.29, 1.82) is 0 Å². The van der Waals surface area contributed by atoms with E-state index >= 15 is 0 Å². The summed E-state index contributed by atoms with van der Waals surface area (Å²) in [6, 6.07) is 4.06. The lowest BCUT2D eigenvalue weighted by atomic mass is 9.88. The lowest BCUT2D eigenvalue weighted by molar-refractivity contribution is -0.0958. The number of carbonyl (C=O) groups excluding carboxylic acids is 1. The number of carbonyl (C=O) groups is 1. The summed E-state index contributed by atoms with van der Waals surface area (Å²) in [4.78, 5) is 13.8. The second-order valence-electron chi connectivity index (χ2n) is 5.39. The summed E-state index contributed by atoms with van der Waals surface area (Å²) in [5, 5.41) is 10.2. The van der Waals surface area contributed by atoms with E-state index in [1.54, 1.807) is 4.90 Å². The second kappa shape index (κ2) is 4.20. The molecule has 1 aliphatic heterocycles. The van der Waals surface area contributed by atoms with Crippen LogP contribution in [-0.4, -0.2) is 41.7 Å². The standard InChI is InChI=1S/C14H16FNO3/c1-19-12-6-9(2-5-11(12)15)13(17)16-7-14(18,8-16)10-3-4-10/h2,5-6,10,18H,3-4,7-8H2,1H3. The van der Waals surface area contributed by atoms with E-state index in [1.165, 1.54) is 25.3 Å². The molecule has 0 atom stereocenters. The van der Waals surface area contributed by atoms with Gasteiger partial charge in [0.1, 0.15) is 5.60 Å². The lowest BCUT2D eigenvalue weighted by Crippen LogP contribution is -2.64. The van der Waals surface area contributed by atoms with Crippen molar-refractivity contribution in [1.82, 2.24) is 4.90 Å². The molecule has 1 amide bonds. The van der Waals surface area contributed by atoms with Crippen LogP contribution in [0.1, 0.15) is 23.2 Å². The molecule has 2 fully saturated rings. The molecule has 0 radical (unpaired) electrons. The normalized spacial score (nSPS) is 20.9. The predicted octanol–water partition coefficient (Wildman–Crippen LogP) is 1.43. The van der Waals surface area contributed by atoms with E-state index in [2.05, 4.69) is 0 Å². The van der Waals surface area contributed by atoms with Gasteiger partial charge in [-0.1, -0.05) is 0 Å². The number of nitrogens with zero attached hydrogens (tertiary/aromatic N) is 1. The van der Waals surface area contributed by atoms with E-state index < -0.39 is 11.4 Å². The number of likely N-dealkylation sites (tertiary alicyclic amines) is 1. The molecule has 1 saturated carbocycles. The monoisotopic (exact) mass is 265 g/mol. The van der Waals surface area contributed by atoms with E-state index in [0.717, 1.165) is 12.8 Å². The minimum absolute atomic E-state index is 0.0591. The molecular formula is C14H16FNO3. The van der Waals surface area contributed by atoms with Crippen LogP contribution in [0.15, 0.2) is 18.2 Å². The SMILES string of the molecule is COc1cc(C(=O)N2CC(O)(C3CC3)C2)ccc1F. The molecule has 0 bridgehead atoms. The number of hydrogen-bond acceptors (Lipinski definition) is 3. The van der Waals surface area contributed by atoms with Gasteiger partial charge < -0.3 is 14.7 Å². The van der Waals surface area contributed by atoms with Crippen LogP contribution in [0.3, 0.4) is 0 Å². The first-order chi connectivity index (χ1) is 9.03. The van der Waals surface area contributed by atoms with Gasteiger partial charge in [0.2, 0.25) is 0 Å². The first-order valence-corrected chi connectivity index (χ1v) is 6.39. The molecule has 4 nitrogen and oxygen atoms in total. The molecule has 0 unspecified atom stereocenters. The Kier molecular flexibility index (Phi) is 2.74. The molecular weight excluding hydrogens is 249 g/mol. The Bertz CT molecular complexity index is 521. The second-order valence-corrected chi connectivity index (χ2v) is 5.39. The number of amides is 1. The highest BCUT2D eigenvalue weighted by Gasteiger charge is 2.53. The first-order valence-electron chi connectivity index (χ1n) is 6.39. The first kappa shape index (κ1) is 12.4. The summed E-state index contributed by atoms with van der Waals surface area (Å²) in [5.74, 6) is -0.274. The minimum atomic E-state index is -0.695. The van der Waals surface area contributed by atoms with Crippen LogP contribution in [0, 0.1) is 11.7 Å². The largest absolute Gasteiger partial charge is 0.494 e. The molecule has 1 saturated heterocycles. The van der Waals surface area contributed by atoms with Crippen molar-refractivity contribution >= 4 is 5.91 Å². The van der Waals surface area contributed by atoms with Crippen LogP contribution in [0.4, 0.5) is 4.39 Å². The van der Waals surface area contributed by atoms with Gasteiger partial charge in [0.25, 0.3) is 5.91 Å². The maximum atomic E-state index is 13.3. The molecule has 5 heteroatoms. The third-order valence-electron chi connectivity index (χ3n) is 3.95. The lowest BCUT2D eigenvalue weighted by Gasteiger charge is -2.47. The molecule has 19 heavy (non-hydrogen) atoms. The molecule has 1 heterocycles. The Morgan fingerprint density at radius 3 is 2.74 bits per heavy atom. The van der Waals surface area contributed by atoms with Crippen LogP contribution < -0.4 is 4.74 Å². The molecule has 1 aromatic rings. The molecule has 0 aromatic heterocycles. The van der Waals surface area contributed by atoms with E-state index in [4.69, 9.17) is 4.74 Å². The van der Waals surface area contributed by atoms with Crippen molar-refractivity contribution in [2.45, 2.75) is 18.4 Å². The zero-order valence-corrected chi connectivity index (χ0v) is 10.7. The number of hydrogen-bond donors (Lipinski definition) is 1. The third kappa shape index (κ3) is 2.08. The number of halogens is 1. The van der Waals surface area contributed by atoms with Gasteiger partial charge in [-0.15, -0.1) is 0 Å². The quantitative estimate of drug-likeness (QED) is 0.899. The van der Waals surface area contributed by atoms with Gasteiger partial charge in [0, 0.05) is 5.56 Å². The maximum absolute atomic E-state index is 13.3. The summed E-state index contributed by atoms with van der Waals surface area (Å²) in [5.41, 5.74) is -0.309. The van der Waals surface area contributed by atoms with E-state index in [0.29, 0.717) is 24.6 Å². The number of methoxy groups -OCH3 is 1. The average Bonchev–Trinajstić information content (AvgIpc) is 3.19. The zero-order chi connectivity index (χ0) is 13.6. The zero-order valence-electron chi connectivity index (χ0n) is 10.7. The maximum Gasteiger partial charge on any atom is 0.254 e. The highest BCUT2D eigenvalue weighted by atomic mass is 19.1. The van der Waals surface area contributed by atoms with Gasteiger partial charge in [-0.3, -0.25) is 4.79 Å². The van der Waals surface area contributed by atoms with Gasteiger partial charge in [-0.2, -0.15) is 0 Å². The number of ether oxygens (including phenoxy) is 1. The summed E-state index contributed by atoms with van der Waals surface area (Å²) in [6.45, 7) is 0.742. The number of aliphatic hydroxyl groups is 1. The minimum Gasteiger partial charge on any atom is -0.494 e. The summed E-state index contributed by atoms with van der Waals surface area (Å²) in [6.07, 6.45) is 2.09. The van der Waals surface area contributed by atoms with Crippen LogP contribution in [0.5, 0.6) is 5.75 Å². The molecule has 2 aliphatic rings. The van der Waals surface area contributed by atoms with Gasteiger partial charge in [-0.05, 0) is 37.0 Å². The number of β-amino-alcohol motifs (C(OH)–C–C–N with tert-alkyl or cyclic N) is 1. The van der Waals surface area contributed by atoms with Crippen LogP contribution in [0.2, 0.25) is 0 Å². The van der Waals surface area contributed by atoms with Crippen molar-refractivity contribution in [3.63, 3.8) is 0 Å². The fourth-order valence-electron chi connectivity index (χ4n) is 2.61. The fraction of sp³-hybridized carbons (Fsp3) is 0.500. The fourth-order valence-corrected chi connectivity index (χ4v) is 2.61. The third-order valence-corrected chi connectivity index (χ3v) is 3.95. The Labute approximate surface area is 110 Å². The Balaban J connectivity index is 1.71. The van der Waals surface area contributed by atoms with Crippen molar-refractivity contribution in [3.05, 3.63) is 29.6 Å². The molecule has 102 valence electrons.